The fraction of sp³-hybridized carbons (Fsp3) is 0.306. The van der Waals surface area contributed by atoms with Gasteiger partial charge in [0.15, 0.2) is 5.78 Å². The van der Waals surface area contributed by atoms with Gasteiger partial charge in [0.05, 0.1) is 16.9 Å². The summed E-state index contributed by atoms with van der Waals surface area (Å²) in [5, 5.41) is 11.1. The molecule has 5 rings (SSSR count). The van der Waals surface area contributed by atoms with Crippen LogP contribution in [0.5, 0.6) is 0 Å². The van der Waals surface area contributed by atoms with E-state index in [1.54, 1.807) is 12.1 Å². The van der Waals surface area contributed by atoms with Gasteiger partial charge in [-0.15, -0.1) is 0 Å². The molecule has 0 aliphatic carbocycles. The SMILES string of the molecule is O=C(CCCN1CCC(O)(c2cccc(C(F)(F)F)c2)CC1)c1ccc(F)cc1N(Cc1ccccc1)Cc1ccccc1. The molecule has 0 atom stereocenters. The van der Waals surface area contributed by atoms with E-state index in [2.05, 4.69) is 4.90 Å². The first kappa shape index (κ1) is 31.4. The van der Waals surface area contributed by atoms with Crippen LogP contribution in [-0.2, 0) is 24.9 Å². The summed E-state index contributed by atoms with van der Waals surface area (Å²) >= 11 is 0. The Morgan fingerprint density at radius 2 is 1.43 bits per heavy atom. The van der Waals surface area contributed by atoms with E-state index in [-0.39, 0.29) is 17.8 Å². The zero-order chi connectivity index (χ0) is 31.2. The van der Waals surface area contributed by atoms with Gasteiger partial charge in [0.25, 0.3) is 0 Å². The van der Waals surface area contributed by atoms with Gasteiger partial charge in [0.2, 0.25) is 0 Å². The van der Waals surface area contributed by atoms with Crippen LogP contribution in [0.15, 0.2) is 103 Å². The number of carbonyl (C=O) groups is 1. The molecule has 1 N–H and O–H groups in total. The second-order valence-electron chi connectivity index (χ2n) is 11.5. The number of carbonyl (C=O) groups excluding carboxylic acids is 1. The van der Waals surface area contributed by atoms with Gasteiger partial charge in [-0.25, -0.2) is 4.39 Å². The third-order valence-corrected chi connectivity index (χ3v) is 8.32. The predicted octanol–water partition coefficient (Wildman–Crippen LogP) is 8.00. The Labute approximate surface area is 255 Å². The zero-order valence-electron chi connectivity index (χ0n) is 24.4. The summed E-state index contributed by atoms with van der Waals surface area (Å²) < 4.78 is 54.2. The maximum absolute atomic E-state index is 14.6. The molecule has 4 aromatic rings. The summed E-state index contributed by atoms with van der Waals surface area (Å²) in [4.78, 5) is 17.7. The molecule has 0 aromatic heterocycles. The van der Waals surface area contributed by atoms with Crippen LogP contribution in [0.2, 0.25) is 0 Å². The minimum Gasteiger partial charge on any atom is -0.385 e. The summed E-state index contributed by atoms with van der Waals surface area (Å²) in [6.45, 7) is 2.62. The minimum atomic E-state index is -4.47. The number of piperidine rings is 1. The topological polar surface area (TPSA) is 43.8 Å². The first-order chi connectivity index (χ1) is 21.1. The highest BCUT2D eigenvalue weighted by Gasteiger charge is 2.37. The maximum atomic E-state index is 14.6. The molecule has 0 radical (unpaired) electrons. The van der Waals surface area contributed by atoms with Crippen LogP contribution in [0.25, 0.3) is 0 Å². The van der Waals surface area contributed by atoms with Crippen molar-refractivity contribution in [3.8, 4) is 0 Å². The summed E-state index contributed by atoms with van der Waals surface area (Å²) in [7, 11) is 0. The van der Waals surface area contributed by atoms with Crippen molar-refractivity contribution in [2.45, 2.75) is 50.6 Å². The normalized spacial score (nSPS) is 15.2. The fourth-order valence-corrected chi connectivity index (χ4v) is 5.85. The van der Waals surface area contributed by atoms with Crippen LogP contribution in [0.1, 0.15) is 58.3 Å². The van der Waals surface area contributed by atoms with Crippen molar-refractivity contribution in [2.75, 3.05) is 24.5 Å². The molecular formula is C36H36F4N2O2. The lowest BCUT2D eigenvalue weighted by Gasteiger charge is -2.38. The van der Waals surface area contributed by atoms with Crippen LogP contribution < -0.4 is 4.90 Å². The van der Waals surface area contributed by atoms with E-state index in [9.17, 15) is 27.5 Å². The molecule has 1 heterocycles. The number of halogens is 4. The number of likely N-dealkylation sites (tertiary alicyclic amines) is 1. The number of hydrogen-bond acceptors (Lipinski definition) is 4. The Morgan fingerprint density at radius 3 is 2.02 bits per heavy atom. The molecule has 1 saturated heterocycles. The number of rotatable bonds is 11. The van der Waals surface area contributed by atoms with Gasteiger partial charge >= 0.3 is 6.18 Å². The molecule has 8 heteroatoms. The molecule has 1 aliphatic rings. The molecule has 0 saturated carbocycles. The Bertz CT molecular complexity index is 1490. The van der Waals surface area contributed by atoms with Crippen molar-refractivity contribution in [3.05, 3.63) is 137 Å². The molecule has 0 spiro atoms. The van der Waals surface area contributed by atoms with Crippen LogP contribution in [0.4, 0.5) is 23.2 Å². The molecular weight excluding hydrogens is 568 g/mol. The number of benzene rings is 4. The van der Waals surface area contributed by atoms with Crippen molar-refractivity contribution >= 4 is 11.5 Å². The highest BCUT2D eigenvalue weighted by Crippen LogP contribution is 2.37. The van der Waals surface area contributed by atoms with Gasteiger partial charge in [0.1, 0.15) is 5.82 Å². The first-order valence-corrected chi connectivity index (χ1v) is 14.9. The van der Waals surface area contributed by atoms with Gasteiger partial charge < -0.3 is 14.9 Å². The van der Waals surface area contributed by atoms with Crippen molar-refractivity contribution in [1.82, 2.24) is 4.90 Å². The lowest BCUT2D eigenvalue weighted by atomic mass is 9.83. The number of nitrogens with zero attached hydrogens (tertiary/aromatic N) is 2. The number of Topliss-reactive ketones (excluding diaryl/α,β-unsaturated/α-hetero) is 1. The van der Waals surface area contributed by atoms with E-state index in [4.69, 9.17) is 0 Å². The van der Waals surface area contributed by atoms with E-state index < -0.39 is 23.2 Å². The monoisotopic (exact) mass is 604 g/mol. The van der Waals surface area contributed by atoms with E-state index >= 15 is 0 Å². The van der Waals surface area contributed by atoms with Crippen molar-refractivity contribution < 1.29 is 27.5 Å². The molecule has 4 aromatic carbocycles. The van der Waals surface area contributed by atoms with Gasteiger partial charge in [-0.2, -0.15) is 13.2 Å². The second kappa shape index (κ2) is 13.7. The fourth-order valence-electron chi connectivity index (χ4n) is 5.85. The third-order valence-electron chi connectivity index (χ3n) is 8.32. The lowest BCUT2D eigenvalue weighted by molar-refractivity contribution is -0.137. The maximum Gasteiger partial charge on any atom is 0.416 e. The molecule has 1 aliphatic heterocycles. The third kappa shape index (κ3) is 7.92. The Kier molecular flexibility index (Phi) is 9.81. The lowest BCUT2D eigenvalue weighted by Crippen LogP contribution is -2.43. The van der Waals surface area contributed by atoms with Crippen LogP contribution in [-0.4, -0.2) is 35.4 Å². The van der Waals surface area contributed by atoms with E-state index in [1.807, 2.05) is 65.6 Å². The Hall–Kier alpha value is -4.01. The number of aliphatic hydroxyl groups is 1. The van der Waals surface area contributed by atoms with Gasteiger partial charge in [0, 0.05) is 38.2 Å². The number of anilines is 1. The van der Waals surface area contributed by atoms with Crippen molar-refractivity contribution in [2.24, 2.45) is 0 Å². The molecule has 0 amide bonds. The molecule has 44 heavy (non-hydrogen) atoms. The van der Waals surface area contributed by atoms with E-state index in [0.29, 0.717) is 63.2 Å². The van der Waals surface area contributed by atoms with Crippen molar-refractivity contribution in [3.63, 3.8) is 0 Å². The summed E-state index contributed by atoms with van der Waals surface area (Å²) in [5.41, 5.74) is 1.29. The van der Waals surface area contributed by atoms with Crippen LogP contribution >= 0.6 is 0 Å². The summed E-state index contributed by atoms with van der Waals surface area (Å²) in [6, 6.07) is 28.9. The predicted molar refractivity (Wildman–Crippen MR) is 164 cm³/mol. The van der Waals surface area contributed by atoms with Gasteiger partial charge in [-0.1, -0.05) is 72.8 Å². The average molecular weight is 605 g/mol. The standard InChI is InChI=1S/C36H36F4N2O2/c37-31-16-17-32(33(24-31)42(25-27-9-3-1-4-10-27)26-28-11-5-2-6-12-28)34(43)15-8-20-41-21-18-35(44,19-22-41)29-13-7-14-30(23-29)36(38,39)40/h1-7,9-14,16-17,23-24,44H,8,15,18-22,25-26H2. The highest BCUT2D eigenvalue weighted by atomic mass is 19.4. The second-order valence-corrected chi connectivity index (χ2v) is 11.5. The van der Waals surface area contributed by atoms with Crippen molar-refractivity contribution in [1.29, 1.82) is 0 Å². The Morgan fingerprint density at radius 1 is 0.818 bits per heavy atom. The number of alkyl halides is 3. The van der Waals surface area contributed by atoms with Gasteiger partial charge in [-0.05, 0) is 72.8 Å². The average Bonchev–Trinajstić information content (AvgIpc) is 3.02. The quantitative estimate of drug-likeness (QED) is 0.139. The van der Waals surface area contributed by atoms with E-state index in [0.717, 1.165) is 23.3 Å². The molecule has 230 valence electrons. The zero-order valence-corrected chi connectivity index (χ0v) is 24.4. The number of hydrogen-bond donors (Lipinski definition) is 1. The molecule has 4 nitrogen and oxygen atoms in total. The highest BCUT2D eigenvalue weighted by molar-refractivity contribution is 6.01. The van der Waals surface area contributed by atoms with Gasteiger partial charge in [-0.3, -0.25) is 4.79 Å². The molecule has 0 unspecified atom stereocenters. The summed E-state index contributed by atoms with van der Waals surface area (Å²) in [6.07, 6.45) is -3.03. The smallest absolute Gasteiger partial charge is 0.385 e. The molecule has 1 fully saturated rings. The number of ketones is 1. The molecule has 0 bridgehead atoms. The Balaban J connectivity index is 1.23. The minimum absolute atomic E-state index is 0.0800. The summed E-state index contributed by atoms with van der Waals surface area (Å²) in [5.74, 6) is -0.493. The largest absolute Gasteiger partial charge is 0.416 e. The first-order valence-electron chi connectivity index (χ1n) is 14.9. The van der Waals surface area contributed by atoms with Crippen LogP contribution in [0, 0.1) is 5.82 Å². The van der Waals surface area contributed by atoms with E-state index in [1.165, 1.54) is 18.2 Å². The van der Waals surface area contributed by atoms with Crippen LogP contribution in [0.3, 0.4) is 0 Å².